The molecule has 0 saturated carbocycles. The van der Waals surface area contributed by atoms with Crippen LogP contribution in [0.4, 0.5) is 4.79 Å². The van der Waals surface area contributed by atoms with Crippen molar-refractivity contribution in [1.29, 1.82) is 0 Å². The zero-order valence-corrected chi connectivity index (χ0v) is 14.4. The number of benzene rings is 1. The van der Waals surface area contributed by atoms with Crippen LogP contribution in [0.1, 0.15) is 22.8 Å². The lowest BCUT2D eigenvalue weighted by molar-refractivity contribution is 0.0599. The van der Waals surface area contributed by atoms with Gasteiger partial charge in [0.2, 0.25) is 0 Å². The van der Waals surface area contributed by atoms with Gasteiger partial charge in [0.25, 0.3) is 5.91 Å². The standard InChI is InChI=1S/C16H21ClN2O4/c1-4-23-14-9-11(2)12(10-13(14)17)15(20)18-5-7-19(8-6-18)16(21)22-3/h9-10H,4-8H2,1-3H3. The molecule has 1 saturated heterocycles. The number of amides is 2. The van der Waals surface area contributed by atoms with Gasteiger partial charge in [0, 0.05) is 31.7 Å². The third-order valence-corrected chi connectivity index (χ3v) is 4.10. The zero-order valence-electron chi connectivity index (χ0n) is 13.6. The Morgan fingerprint density at radius 2 is 1.78 bits per heavy atom. The second kappa shape index (κ2) is 7.55. The number of rotatable bonds is 3. The van der Waals surface area contributed by atoms with Gasteiger partial charge < -0.3 is 19.3 Å². The van der Waals surface area contributed by atoms with E-state index in [2.05, 4.69) is 0 Å². The first-order chi connectivity index (χ1) is 11.0. The molecule has 1 aliphatic rings. The average Bonchev–Trinajstić information content (AvgIpc) is 2.57. The number of carbonyl (C=O) groups excluding carboxylic acids is 2. The zero-order chi connectivity index (χ0) is 17.0. The number of aryl methyl sites for hydroxylation is 1. The van der Waals surface area contributed by atoms with Crippen LogP contribution in [0.25, 0.3) is 0 Å². The van der Waals surface area contributed by atoms with E-state index in [9.17, 15) is 9.59 Å². The molecule has 1 aliphatic heterocycles. The van der Waals surface area contributed by atoms with Gasteiger partial charge in [-0.25, -0.2) is 4.79 Å². The molecule has 0 atom stereocenters. The molecule has 23 heavy (non-hydrogen) atoms. The van der Waals surface area contributed by atoms with Crippen molar-refractivity contribution >= 4 is 23.6 Å². The monoisotopic (exact) mass is 340 g/mol. The molecule has 0 bridgehead atoms. The predicted octanol–water partition coefficient (Wildman–Crippen LogP) is 2.57. The number of hydrogen-bond acceptors (Lipinski definition) is 4. The van der Waals surface area contributed by atoms with E-state index < -0.39 is 0 Å². The molecule has 2 amide bonds. The van der Waals surface area contributed by atoms with E-state index >= 15 is 0 Å². The van der Waals surface area contributed by atoms with Gasteiger partial charge in [-0.2, -0.15) is 0 Å². The van der Waals surface area contributed by atoms with E-state index in [1.807, 2.05) is 13.8 Å². The lowest BCUT2D eigenvalue weighted by Crippen LogP contribution is -2.50. The Bertz CT molecular complexity index is 598. The molecule has 0 unspecified atom stereocenters. The summed E-state index contributed by atoms with van der Waals surface area (Å²) in [4.78, 5) is 27.5. The van der Waals surface area contributed by atoms with Crippen molar-refractivity contribution in [1.82, 2.24) is 9.80 Å². The Kier molecular flexibility index (Phi) is 5.71. The summed E-state index contributed by atoms with van der Waals surface area (Å²) < 4.78 is 10.1. The van der Waals surface area contributed by atoms with Gasteiger partial charge in [0.15, 0.2) is 0 Å². The van der Waals surface area contributed by atoms with E-state index in [0.717, 1.165) is 5.56 Å². The SMILES string of the molecule is CCOc1cc(C)c(C(=O)N2CCN(C(=O)OC)CC2)cc1Cl. The second-order valence-corrected chi connectivity index (χ2v) is 5.69. The van der Waals surface area contributed by atoms with E-state index in [0.29, 0.717) is 49.1 Å². The molecule has 1 heterocycles. The Labute approximate surface area is 140 Å². The minimum absolute atomic E-state index is 0.0861. The predicted molar refractivity (Wildman–Crippen MR) is 87.2 cm³/mol. The van der Waals surface area contributed by atoms with E-state index in [4.69, 9.17) is 21.1 Å². The van der Waals surface area contributed by atoms with Crippen LogP contribution >= 0.6 is 11.6 Å². The fourth-order valence-corrected chi connectivity index (χ4v) is 2.76. The second-order valence-electron chi connectivity index (χ2n) is 5.28. The average molecular weight is 341 g/mol. The van der Waals surface area contributed by atoms with Crippen molar-refractivity contribution in [2.45, 2.75) is 13.8 Å². The molecule has 7 heteroatoms. The molecular weight excluding hydrogens is 320 g/mol. The van der Waals surface area contributed by atoms with Crippen molar-refractivity contribution in [3.8, 4) is 5.75 Å². The molecular formula is C16H21ClN2O4. The minimum Gasteiger partial charge on any atom is -0.492 e. The normalized spacial score (nSPS) is 14.6. The van der Waals surface area contributed by atoms with Gasteiger partial charge >= 0.3 is 6.09 Å². The number of carbonyl (C=O) groups is 2. The summed E-state index contributed by atoms with van der Waals surface area (Å²) >= 11 is 6.18. The third kappa shape index (κ3) is 3.88. The number of ether oxygens (including phenoxy) is 2. The summed E-state index contributed by atoms with van der Waals surface area (Å²) in [6.45, 7) is 6.12. The number of hydrogen-bond donors (Lipinski definition) is 0. The number of nitrogens with zero attached hydrogens (tertiary/aromatic N) is 2. The molecule has 126 valence electrons. The van der Waals surface area contributed by atoms with Crippen molar-refractivity contribution < 1.29 is 19.1 Å². The highest BCUT2D eigenvalue weighted by molar-refractivity contribution is 6.32. The van der Waals surface area contributed by atoms with Crippen LogP contribution < -0.4 is 4.74 Å². The molecule has 0 spiro atoms. The van der Waals surface area contributed by atoms with Crippen LogP contribution in [0, 0.1) is 6.92 Å². The highest BCUT2D eigenvalue weighted by atomic mass is 35.5. The minimum atomic E-state index is -0.364. The fourth-order valence-electron chi connectivity index (χ4n) is 2.54. The number of halogens is 1. The lowest BCUT2D eigenvalue weighted by atomic mass is 10.1. The Balaban J connectivity index is 2.10. The maximum Gasteiger partial charge on any atom is 0.409 e. The van der Waals surface area contributed by atoms with E-state index in [1.54, 1.807) is 21.9 Å². The van der Waals surface area contributed by atoms with Crippen molar-refractivity contribution in [3.63, 3.8) is 0 Å². The smallest absolute Gasteiger partial charge is 0.409 e. The van der Waals surface area contributed by atoms with Crippen LogP contribution in [0.2, 0.25) is 5.02 Å². The quantitative estimate of drug-likeness (QED) is 0.848. The van der Waals surface area contributed by atoms with Gasteiger partial charge in [0.05, 0.1) is 18.7 Å². The summed E-state index contributed by atoms with van der Waals surface area (Å²) in [6.07, 6.45) is -0.364. The highest BCUT2D eigenvalue weighted by Gasteiger charge is 2.26. The molecule has 6 nitrogen and oxygen atoms in total. The fraction of sp³-hybridized carbons (Fsp3) is 0.500. The van der Waals surface area contributed by atoms with Crippen LogP contribution in [0.15, 0.2) is 12.1 Å². The maximum atomic E-state index is 12.7. The molecule has 0 aliphatic carbocycles. The van der Waals surface area contributed by atoms with Gasteiger partial charge in [-0.15, -0.1) is 0 Å². The number of piperazine rings is 1. The van der Waals surface area contributed by atoms with Gasteiger partial charge in [0.1, 0.15) is 5.75 Å². The summed E-state index contributed by atoms with van der Waals surface area (Å²) in [5, 5.41) is 0.425. The Morgan fingerprint density at radius 3 is 2.35 bits per heavy atom. The van der Waals surface area contributed by atoms with Gasteiger partial charge in [-0.05, 0) is 31.5 Å². The third-order valence-electron chi connectivity index (χ3n) is 3.81. The first-order valence-corrected chi connectivity index (χ1v) is 7.90. The molecule has 0 N–H and O–H groups in total. The molecule has 0 radical (unpaired) electrons. The van der Waals surface area contributed by atoms with Crippen molar-refractivity contribution in [2.24, 2.45) is 0 Å². The lowest BCUT2D eigenvalue weighted by Gasteiger charge is -2.34. The summed E-state index contributed by atoms with van der Waals surface area (Å²) in [5.74, 6) is 0.496. The van der Waals surface area contributed by atoms with Crippen LogP contribution in [-0.4, -0.2) is 61.7 Å². The molecule has 0 aromatic heterocycles. The molecule has 1 aromatic carbocycles. The first kappa shape index (κ1) is 17.4. The topological polar surface area (TPSA) is 59.1 Å². The summed E-state index contributed by atoms with van der Waals surface area (Å²) in [7, 11) is 1.35. The van der Waals surface area contributed by atoms with Crippen molar-refractivity contribution in [2.75, 3.05) is 39.9 Å². The van der Waals surface area contributed by atoms with Crippen LogP contribution in [-0.2, 0) is 4.74 Å². The number of methoxy groups -OCH3 is 1. The highest BCUT2D eigenvalue weighted by Crippen LogP contribution is 2.29. The van der Waals surface area contributed by atoms with E-state index in [1.165, 1.54) is 7.11 Å². The first-order valence-electron chi connectivity index (χ1n) is 7.53. The van der Waals surface area contributed by atoms with E-state index in [-0.39, 0.29) is 12.0 Å². The molecule has 2 rings (SSSR count). The largest absolute Gasteiger partial charge is 0.492 e. The van der Waals surface area contributed by atoms with Crippen molar-refractivity contribution in [3.05, 3.63) is 28.3 Å². The molecule has 1 aromatic rings. The molecule has 1 fully saturated rings. The maximum absolute atomic E-state index is 12.7. The van der Waals surface area contributed by atoms with Crippen LogP contribution in [0.5, 0.6) is 5.75 Å². The van der Waals surface area contributed by atoms with Crippen LogP contribution in [0.3, 0.4) is 0 Å². The van der Waals surface area contributed by atoms with Gasteiger partial charge in [-0.3, -0.25) is 4.79 Å². The summed E-state index contributed by atoms with van der Waals surface area (Å²) in [6, 6.07) is 3.43. The van der Waals surface area contributed by atoms with Gasteiger partial charge in [-0.1, -0.05) is 11.6 Å². The Morgan fingerprint density at radius 1 is 1.17 bits per heavy atom. The Hall–Kier alpha value is -1.95. The summed E-state index contributed by atoms with van der Waals surface area (Å²) in [5.41, 5.74) is 1.38.